The molecule has 28 heavy (non-hydrogen) atoms. The Bertz CT molecular complexity index is 1200. The van der Waals surface area contributed by atoms with Crippen LogP contribution in [0.3, 0.4) is 0 Å². The van der Waals surface area contributed by atoms with Gasteiger partial charge in [0.2, 0.25) is 11.9 Å². The topological polar surface area (TPSA) is 85.2 Å². The van der Waals surface area contributed by atoms with E-state index in [0.29, 0.717) is 30.4 Å². The third-order valence-corrected chi connectivity index (χ3v) is 5.89. The van der Waals surface area contributed by atoms with Crippen molar-refractivity contribution in [1.82, 2.24) is 14.5 Å². The number of pyridine rings is 1. The summed E-state index contributed by atoms with van der Waals surface area (Å²) in [4.78, 5) is 23.2. The number of benzene rings is 1. The summed E-state index contributed by atoms with van der Waals surface area (Å²) in [6.45, 7) is 4.54. The summed E-state index contributed by atoms with van der Waals surface area (Å²) >= 11 is 0. The molecular weight excluding hydrogens is 376 g/mol. The number of hydrogen-bond acceptors (Lipinski definition) is 5. The normalized spacial score (nSPS) is 13.6. The van der Waals surface area contributed by atoms with Crippen LogP contribution in [0.5, 0.6) is 0 Å². The average Bonchev–Trinajstić information content (AvgIpc) is 3.20. The van der Waals surface area contributed by atoms with Crippen molar-refractivity contribution in [2.75, 3.05) is 17.7 Å². The maximum Gasteiger partial charge on any atom is 0.226 e. The minimum atomic E-state index is -3.35. The number of rotatable bonds is 3. The molecule has 0 N–H and O–H groups in total. The van der Waals surface area contributed by atoms with Gasteiger partial charge in [0, 0.05) is 37.5 Å². The third-order valence-electron chi connectivity index (χ3n) is 4.78. The van der Waals surface area contributed by atoms with Crippen LogP contribution in [0, 0.1) is 6.92 Å². The number of hydrogen-bond donors (Lipinski definition) is 0. The van der Waals surface area contributed by atoms with Crippen molar-refractivity contribution >= 4 is 21.7 Å². The number of anilines is 1. The van der Waals surface area contributed by atoms with Crippen molar-refractivity contribution in [2.45, 2.75) is 25.3 Å². The Labute approximate surface area is 163 Å². The highest BCUT2D eigenvalue weighted by atomic mass is 32.2. The molecule has 1 aromatic carbocycles. The van der Waals surface area contributed by atoms with Crippen LogP contribution >= 0.6 is 0 Å². The molecule has 3 heterocycles. The lowest BCUT2D eigenvalue weighted by Crippen LogP contribution is -2.26. The van der Waals surface area contributed by atoms with Gasteiger partial charge in [-0.15, -0.1) is 0 Å². The minimum absolute atomic E-state index is 0.0797. The smallest absolute Gasteiger partial charge is 0.226 e. The van der Waals surface area contributed by atoms with Gasteiger partial charge in [0.05, 0.1) is 16.3 Å². The van der Waals surface area contributed by atoms with Gasteiger partial charge in [0.25, 0.3) is 0 Å². The predicted octanol–water partition coefficient (Wildman–Crippen LogP) is 2.69. The van der Waals surface area contributed by atoms with E-state index in [1.54, 1.807) is 23.1 Å². The van der Waals surface area contributed by atoms with E-state index >= 15 is 0 Å². The van der Waals surface area contributed by atoms with Crippen LogP contribution < -0.4 is 4.90 Å². The van der Waals surface area contributed by atoms with Crippen molar-refractivity contribution in [3.63, 3.8) is 0 Å². The maximum absolute atomic E-state index is 12.0. The molecule has 0 saturated heterocycles. The first kappa shape index (κ1) is 18.4. The molecule has 0 spiro atoms. The van der Waals surface area contributed by atoms with Crippen LogP contribution in [0.25, 0.3) is 22.6 Å². The fourth-order valence-electron chi connectivity index (χ4n) is 3.48. The van der Waals surface area contributed by atoms with E-state index < -0.39 is 9.84 Å². The van der Waals surface area contributed by atoms with Crippen LogP contribution in [0.2, 0.25) is 0 Å². The molecule has 7 nitrogen and oxygen atoms in total. The molecule has 144 valence electrons. The number of aromatic nitrogens is 3. The molecular formula is C20H20N4O3S. The largest absolute Gasteiger partial charge is 0.307 e. The Hall–Kier alpha value is -3.00. The molecule has 0 radical (unpaired) electrons. The molecule has 0 atom stereocenters. The number of imidazole rings is 1. The zero-order valence-electron chi connectivity index (χ0n) is 15.9. The minimum Gasteiger partial charge on any atom is -0.307 e. The van der Waals surface area contributed by atoms with E-state index in [9.17, 15) is 13.2 Å². The molecule has 1 aliphatic rings. The van der Waals surface area contributed by atoms with Crippen molar-refractivity contribution < 1.29 is 13.2 Å². The number of carbonyl (C=O) groups excluding carboxylic acids is 1. The highest BCUT2D eigenvalue weighted by molar-refractivity contribution is 7.90. The highest BCUT2D eigenvalue weighted by Gasteiger charge is 2.30. The summed E-state index contributed by atoms with van der Waals surface area (Å²) in [5.41, 5.74) is 3.66. The van der Waals surface area contributed by atoms with Crippen molar-refractivity contribution in [3.8, 4) is 22.6 Å². The molecule has 0 saturated carbocycles. The van der Waals surface area contributed by atoms with Gasteiger partial charge in [-0.2, -0.15) is 0 Å². The van der Waals surface area contributed by atoms with Gasteiger partial charge in [-0.1, -0.05) is 18.2 Å². The zero-order chi connectivity index (χ0) is 20.1. The Morgan fingerprint density at radius 3 is 2.50 bits per heavy atom. The lowest BCUT2D eigenvalue weighted by atomic mass is 10.1. The van der Waals surface area contributed by atoms with E-state index in [4.69, 9.17) is 4.98 Å². The molecule has 1 amide bonds. The van der Waals surface area contributed by atoms with Crippen molar-refractivity contribution in [2.24, 2.45) is 0 Å². The summed E-state index contributed by atoms with van der Waals surface area (Å²) in [5.74, 6) is 0.481. The molecule has 0 aliphatic carbocycles. The highest BCUT2D eigenvalue weighted by Crippen LogP contribution is 2.38. The molecule has 3 aromatic rings. The van der Waals surface area contributed by atoms with Crippen molar-refractivity contribution in [3.05, 3.63) is 48.2 Å². The van der Waals surface area contributed by atoms with Gasteiger partial charge < -0.3 is 4.57 Å². The summed E-state index contributed by atoms with van der Waals surface area (Å²) in [5, 5.41) is 0. The van der Waals surface area contributed by atoms with E-state index in [1.165, 1.54) is 13.2 Å². The summed E-state index contributed by atoms with van der Waals surface area (Å²) in [6.07, 6.45) is 1.19. The van der Waals surface area contributed by atoms with E-state index in [0.717, 1.165) is 17.0 Å². The quantitative estimate of drug-likeness (QED) is 0.680. The summed E-state index contributed by atoms with van der Waals surface area (Å²) in [7, 11) is -3.35. The van der Waals surface area contributed by atoms with Crippen molar-refractivity contribution in [1.29, 1.82) is 0 Å². The third kappa shape index (κ3) is 3.09. The molecule has 4 rings (SSSR count). The summed E-state index contributed by atoms with van der Waals surface area (Å²) < 4.78 is 26.0. The van der Waals surface area contributed by atoms with Gasteiger partial charge in [0.1, 0.15) is 5.69 Å². The molecule has 8 heteroatoms. The summed E-state index contributed by atoms with van der Waals surface area (Å²) in [6, 6.07) is 12.5. The lowest BCUT2D eigenvalue weighted by molar-refractivity contribution is -0.116. The Kier molecular flexibility index (Phi) is 4.30. The number of nitrogens with zero attached hydrogens (tertiary/aromatic N) is 4. The lowest BCUT2D eigenvalue weighted by Gasteiger charge is -2.10. The second-order valence-corrected chi connectivity index (χ2v) is 8.91. The SMILES string of the molecule is CC(=O)N1CCn2c1nc(-c1cccc(C)n1)c2-c1cccc(S(C)(=O)=O)c1. The first-order valence-corrected chi connectivity index (χ1v) is 10.8. The maximum atomic E-state index is 12.0. The van der Waals surface area contributed by atoms with Gasteiger partial charge in [-0.05, 0) is 31.2 Å². The van der Waals surface area contributed by atoms with Gasteiger partial charge in [-0.25, -0.2) is 13.4 Å². The average molecular weight is 396 g/mol. The monoisotopic (exact) mass is 396 g/mol. The molecule has 1 aliphatic heterocycles. The van der Waals surface area contributed by atoms with Crippen LogP contribution in [-0.2, 0) is 21.2 Å². The first-order chi connectivity index (χ1) is 13.3. The first-order valence-electron chi connectivity index (χ1n) is 8.89. The number of sulfone groups is 1. The molecule has 2 aromatic heterocycles. The number of amides is 1. The van der Waals surface area contributed by atoms with Gasteiger partial charge >= 0.3 is 0 Å². The Balaban J connectivity index is 1.99. The number of carbonyl (C=O) groups is 1. The second kappa shape index (κ2) is 6.56. The predicted molar refractivity (Wildman–Crippen MR) is 107 cm³/mol. The van der Waals surface area contributed by atoms with Gasteiger partial charge in [-0.3, -0.25) is 14.7 Å². The number of fused-ring (bicyclic) bond motifs is 1. The van der Waals surface area contributed by atoms with E-state index in [2.05, 4.69) is 4.98 Å². The fraction of sp³-hybridized carbons (Fsp3) is 0.250. The number of aryl methyl sites for hydroxylation is 1. The second-order valence-electron chi connectivity index (χ2n) is 6.90. The molecule has 0 fully saturated rings. The van der Waals surface area contributed by atoms with Crippen LogP contribution in [0.1, 0.15) is 12.6 Å². The Morgan fingerprint density at radius 2 is 1.82 bits per heavy atom. The fourth-order valence-corrected chi connectivity index (χ4v) is 4.14. The molecule has 0 bridgehead atoms. The standard InChI is InChI=1S/C20H20N4O3S/c1-13-6-4-9-17(21-13)18-19(15-7-5-8-16(12-15)28(3,26)27)24-11-10-23(14(2)25)20(24)22-18/h4-9,12H,10-11H2,1-3H3. The van der Waals surface area contributed by atoms with E-state index in [1.807, 2.05) is 35.8 Å². The van der Waals surface area contributed by atoms with E-state index in [-0.39, 0.29) is 10.8 Å². The van der Waals surface area contributed by atoms with Gasteiger partial charge in [0.15, 0.2) is 9.84 Å². The zero-order valence-corrected chi connectivity index (χ0v) is 16.7. The van der Waals surface area contributed by atoms with Crippen LogP contribution in [-0.4, -0.2) is 41.7 Å². The van der Waals surface area contributed by atoms with Crippen LogP contribution in [0.15, 0.2) is 47.4 Å². The Morgan fingerprint density at radius 1 is 1.07 bits per heavy atom. The van der Waals surface area contributed by atoms with Crippen LogP contribution in [0.4, 0.5) is 5.95 Å². The molecule has 0 unspecified atom stereocenters.